The molecule has 0 bridgehead atoms. The lowest BCUT2D eigenvalue weighted by Crippen LogP contribution is -2.40. The van der Waals surface area contributed by atoms with Gasteiger partial charge in [0.1, 0.15) is 0 Å². The molecule has 1 aromatic carbocycles. The summed E-state index contributed by atoms with van der Waals surface area (Å²) in [5.41, 5.74) is 1.86. The molecule has 0 aromatic heterocycles. The Morgan fingerprint density at radius 1 is 1.17 bits per heavy atom. The van der Waals surface area contributed by atoms with E-state index < -0.39 is 22.5 Å². The molecular formula is C15H22N2O5S. The van der Waals surface area contributed by atoms with Gasteiger partial charge in [0, 0.05) is 12.1 Å². The molecule has 1 aromatic rings. The molecule has 8 heteroatoms. The number of hydrogen-bond acceptors (Lipinski definition) is 5. The van der Waals surface area contributed by atoms with Crippen molar-refractivity contribution in [1.29, 1.82) is 0 Å². The first kappa shape index (κ1) is 19.3. The van der Waals surface area contributed by atoms with E-state index in [9.17, 15) is 18.0 Å². The van der Waals surface area contributed by atoms with Gasteiger partial charge >= 0.3 is 0 Å². The molecule has 0 heterocycles. The van der Waals surface area contributed by atoms with Crippen LogP contribution in [0.25, 0.3) is 0 Å². The number of nitrogens with zero attached hydrogens (tertiary/aromatic N) is 1. The van der Waals surface area contributed by atoms with Crippen LogP contribution in [0.1, 0.15) is 43.5 Å². The number of benzene rings is 1. The number of hydrogen-bond donors (Lipinski definition) is 2. The maximum Gasteiger partial charge on any atom is 0.258 e. The SMILES string of the molecule is CCCCCN(CC(=O)NO)S(=O)(=O)c1ccc(C(C)=O)cc1. The number of hydroxylamine groups is 1. The second kappa shape index (κ2) is 8.76. The number of rotatable bonds is 9. The van der Waals surface area contributed by atoms with E-state index in [1.54, 1.807) is 0 Å². The van der Waals surface area contributed by atoms with Gasteiger partial charge in [-0.2, -0.15) is 4.31 Å². The van der Waals surface area contributed by atoms with E-state index in [2.05, 4.69) is 0 Å². The minimum atomic E-state index is -3.88. The first-order valence-corrected chi connectivity index (χ1v) is 8.81. The summed E-state index contributed by atoms with van der Waals surface area (Å²) >= 11 is 0. The fourth-order valence-electron chi connectivity index (χ4n) is 2.03. The van der Waals surface area contributed by atoms with Gasteiger partial charge in [-0.3, -0.25) is 14.8 Å². The standard InChI is InChI=1S/C15H22N2O5S/c1-3-4-5-10-17(11-15(19)16-20)23(21,22)14-8-6-13(7-9-14)12(2)18/h6-9,20H,3-5,10-11H2,1-2H3,(H,16,19). The highest BCUT2D eigenvalue weighted by Crippen LogP contribution is 2.17. The van der Waals surface area contributed by atoms with Crippen LogP contribution in [0.3, 0.4) is 0 Å². The van der Waals surface area contributed by atoms with Crippen molar-refractivity contribution in [2.24, 2.45) is 0 Å². The van der Waals surface area contributed by atoms with Gasteiger partial charge < -0.3 is 0 Å². The van der Waals surface area contributed by atoms with Crippen LogP contribution >= 0.6 is 0 Å². The first-order valence-electron chi connectivity index (χ1n) is 7.37. The first-order chi connectivity index (χ1) is 10.8. The Hall–Kier alpha value is -1.77. The third-order valence-corrected chi connectivity index (χ3v) is 5.21. The number of amides is 1. The number of ketones is 1. The van der Waals surface area contributed by atoms with Crippen molar-refractivity contribution in [3.05, 3.63) is 29.8 Å². The Kier molecular flexibility index (Phi) is 7.34. The highest BCUT2D eigenvalue weighted by atomic mass is 32.2. The number of carbonyl (C=O) groups is 2. The maximum atomic E-state index is 12.6. The van der Waals surface area contributed by atoms with E-state index in [0.717, 1.165) is 17.1 Å². The van der Waals surface area contributed by atoms with E-state index in [1.165, 1.54) is 36.7 Å². The summed E-state index contributed by atoms with van der Waals surface area (Å²) in [6, 6.07) is 5.56. The zero-order chi connectivity index (χ0) is 17.5. The molecule has 0 radical (unpaired) electrons. The summed E-state index contributed by atoms with van der Waals surface area (Å²) in [6.45, 7) is 3.10. The third-order valence-electron chi connectivity index (χ3n) is 3.35. The van der Waals surface area contributed by atoms with Crippen LogP contribution in [0, 0.1) is 0 Å². The monoisotopic (exact) mass is 342 g/mol. The molecule has 1 rings (SSSR count). The Balaban J connectivity index is 3.04. The zero-order valence-electron chi connectivity index (χ0n) is 13.3. The van der Waals surface area contributed by atoms with E-state index in [0.29, 0.717) is 12.0 Å². The Morgan fingerprint density at radius 3 is 2.26 bits per heavy atom. The lowest BCUT2D eigenvalue weighted by atomic mass is 10.2. The van der Waals surface area contributed by atoms with Crippen molar-refractivity contribution < 1.29 is 23.2 Å². The molecule has 0 atom stereocenters. The summed E-state index contributed by atoms with van der Waals surface area (Å²) < 4.78 is 26.3. The van der Waals surface area contributed by atoms with E-state index >= 15 is 0 Å². The number of sulfonamides is 1. The topological polar surface area (TPSA) is 104 Å². The Labute approximate surface area is 136 Å². The number of carbonyl (C=O) groups excluding carboxylic acids is 2. The molecule has 2 N–H and O–H groups in total. The second-order valence-electron chi connectivity index (χ2n) is 5.16. The van der Waals surface area contributed by atoms with Gasteiger partial charge in [0.15, 0.2) is 5.78 Å². The minimum absolute atomic E-state index is 0.00439. The van der Waals surface area contributed by atoms with Crippen LogP contribution in [0.15, 0.2) is 29.2 Å². The van der Waals surface area contributed by atoms with Crippen LogP contribution in [0.4, 0.5) is 0 Å². The van der Waals surface area contributed by atoms with Gasteiger partial charge in [0.2, 0.25) is 10.0 Å². The van der Waals surface area contributed by atoms with E-state index in [-0.39, 0.29) is 17.2 Å². The number of Topliss-reactive ketones (excluding diaryl/α,β-unsaturated/α-hetero) is 1. The van der Waals surface area contributed by atoms with Gasteiger partial charge in [-0.1, -0.05) is 31.9 Å². The van der Waals surface area contributed by atoms with Gasteiger partial charge in [-0.05, 0) is 25.5 Å². The van der Waals surface area contributed by atoms with Crippen molar-refractivity contribution in [2.45, 2.75) is 38.0 Å². The van der Waals surface area contributed by atoms with E-state index in [4.69, 9.17) is 5.21 Å². The summed E-state index contributed by atoms with van der Waals surface area (Å²) in [4.78, 5) is 22.6. The number of nitrogens with one attached hydrogen (secondary N) is 1. The Morgan fingerprint density at radius 2 is 1.78 bits per heavy atom. The molecule has 0 aliphatic carbocycles. The molecule has 23 heavy (non-hydrogen) atoms. The normalized spacial score (nSPS) is 11.5. The highest BCUT2D eigenvalue weighted by molar-refractivity contribution is 7.89. The molecular weight excluding hydrogens is 320 g/mol. The lowest BCUT2D eigenvalue weighted by molar-refractivity contribution is -0.129. The lowest BCUT2D eigenvalue weighted by Gasteiger charge is -2.21. The van der Waals surface area contributed by atoms with Crippen LogP contribution in [0.2, 0.25) is 0 Å². The molecule has 0 aliphatic rings. The van der Waals surface area contributed by atoms with Gasteiger partial charge in [-0.25, -0.2) is 13.9 Å². The molecule has 0 saturated carbocycles. The smallest absolute Gasteiger partial charge is 0.258 e. The van der Waals surface area contributed by atoms with Crippen molar-refractivity contribution >= 4 is 21.7 Å². The fraction of sp³-hybridized carbons (Fsp3) is 0.467. The minimum Gasteiger partial charge on any atom is -0.295 e. The Bertz CT molecular complexity index is 640. The predicted octanol–water partition coefficient (Wildman–Crippen LogP) is 1.58. The molecule has 1 amide bonds. The van der Waals surface area contributed by atoms with Crippen molar-refractivity contribution in [3.63, 3.8) is 0 Å². The van der Waals surface area contributed by atoms with Crippen molar-refractivity contribution in [1.82, 2.24) is 9.79 Å². The van der Waals surface area contributed by atoms with Gasteiger partial charge in [-0.15, -0.1) is 0 Å². The zero-order valence-corrected chi connectivity index (χ0v) is 14.1. The molecule has 0 aliphatic heterocycles. The van der Waals surface area contributed by atoms with Crippen LogP contribution in [-0.4, -0.2) is 42.7 Å². The quantitative estimate of drug-likeness (QED) is 0.307. The average molecular weight is 342 g/mol. The predicted molar refractivity (Wildman–Crippen MR) is 84.7 cm³/mol. The van der Waals surface area contributed by atoms with Crippen LogP contribution in [0.5, 0.6) is 0 Å². The van der Waals surface area contributed by atoms with Crippen molar-refractivity contribution in [3.8, 4) is 0 Å². The molecule has 0 fully saturated rings. The largest absolute Gasteiger partial charge is 0.295 e. The average Bonchev–Trinajstić information content (AvgIpc) is 2.53. The molecule has 128 valence electrons. The summed E-state index contributed by atoms with van der Waals surface area (Å²) in [5, 5.41) is 8.63. The number of unbranched alkanes of at least 4 members (excludes halogenated alkanes) is 2. The fourth-order valence-corrected chi connectivity index (χ4v) is 3.46. The van der Waals surface area contributed by atoms with Gasteiger partial charge in [0.05, 0.1) is 11.4 Å². The second-order valence-corrected chi connectivity index (χ2v) is 7.10. The van der Waals surface area contributed by atoms with Crippen LogP contribution in [-0.2, 0) is 14.8 Å². The summed E-state index contributed by atoms with van der Waals surface area (Å²) in [6.07, 6.45) is 2.35. The highest BCUT2D eigenvalue weighted by Gasteiger charge is 2.26. The summed E-state index contributed by atoms with van der Waals surface area (Å²) in [7, 11) is -3.88. The molecule has 7 nitrogen and oxygen atoms in total. The van der Waals surface area contributed by atoms with Crippen molar-refractivity contribution in [2.75, 3.05) is 13.1 Å². The molecule has 0 spiro atoms. The maximum absolute atomic E-state index is 12.6. The third kappa shape index (κ3) is 5.42. The van der Waals surface area contributed by atoms with Gasteiger partial charge in [0.25, 0.3) is 5.91 Å². The molecule has 0 saturated heterocycles. The summed E-state index contributed by atoms with van der Waals surface area (Å²) in [5.74, 6) is -0.959. The molecule has 0 unspecified atom stereocenters. The van der Waals surface area contributed by atoms with Crippen LogP contribution < -0.4 is 5.48 Å². The van der Waals surface area contributed by atoms with E-state index in [1.807, 2.05) is 6.92 Å².